The standard InChI is InChI=1S/C16H23BClNO/c1-14(2)19(15(3)4)17(18)20-13-9-8-12-16-10-6-5-7-11-16/h5-7,10-11,14-15H,9,13H2,1-4H3. The Morgan fingerprint density at radius 2 is 1.75 bits per heavy atom. The zero-order valence-electron chi connectivity index (χ0n) is 12.8. The van der Waals surface area contributed by atoms with E-state index in [4.69, 9.17) is 16.1 Å². The van der Waals surface area contributed by atoms with Crippen LogP contribution in [0.25, 0.3) is 0 Å². The Morgan fingerprint density at radius 3 is 2.30 bits per heavy atom. The maximum absolute atomic E-state index is 6.29. The molecule has 1 aromatic rings. The summed E-state index contributed by atoms with van der Waals surface area (Å²) in [7, 11) is 0. The molecule has 0 heterocycles. The fourth-order valence-electron chi connectivity index (χ4n) is 2.04. The molecule has 108 valence electrons. The highest BCUT2D eigenvalue weighted by Crippen LogP contribution is 2.12. The van der Waals surface area contributed by atoms with Gasteiger partial charge in [0, 0.05) is 18.6 Å². The predicted molar refractivity (Wildman–Crippen MR) is 87.6 cm³/mol. The van der Waals surface area contributed by atoms with Crippen LogP contribution >= 0.6 is 11.5 Å². The number of nitrogens with zero attached hydrogens (tertiary/aromatic N) is 1. The quantitative estimate of drug-likeness (QED) is 0.449. The second-order valence-corrected chi connectivity index (χ2v) is 5.59. The summed E-state index contributed by atoms with van der Waals surface area (Å²) >= 11 is 6.29. The van der Waals surface area contributed by atoms with E-state index in [2.05, 4.69) is 44.3 Å². The summed E-state index contributed by atoms with van der Waals surface area (Å²) in [5.41, 5.74) is 1.03. The summed E-state index contributed by atoms with van der Waals surface area (Å²) in [6.07, 6.45) is 0.683. The third-order valence-electron chi connectivity index (χ3n) is 2.92. The van der Waals surface area contributed by atoms with Gasteiger partial charge in [0.25, 0.3) is 0 Å². The molecule has 0 aliphatic rings. The lowest BCUT2D eigenvalue weighted by Crippen LogP contribution is -2.47. The van der Waals surface area contributed by atoms with Gasteiger partial charge >= 0.3 is 6.47 Å². The minimum Gasteiger partial charge on any atom is -0.407 e. The van der Waals surface area contributed by atoms with Crippen LogP contribution in [0.4, 0.5) is 0 Å². The molecule has 0 bridgehead atoms. The molecule has 0 atom stereocenters. The van der Waals surface area contributed by atoms with Crippen LogP contribution < -0.4 is 0 Å². The molecule has 0 saturated carbocycles. The molecule has 4 heteroatoms. The van der Waals surface area contributed by atoms with Gasteiger partial charge in [0.2, 0.25) is 0 Å². The SMILES string of the molecule is CC(C)N(B(Cl)OCCC#Cc1ccccc1)C(C)C. The summed E-state index contributed by atoms with van der Waals surface area (Å²) < 4.78 is 5.65. The van der Waals surface area contributed by atoms with Crippen LogP contribution in [0.5, 0.6) is 0 Å². The van der Waals surface area contributed by atoms with Crippen molar-refractivity contribution in [1.29, 1.82) is 0 Å². The number of halogens is 1. The minimum absolute atomic E-state index is 0.355. The van der Waals surface area contributed by atoms with Crippen molar-refractivity contribution in [3.63, 3.8) is 0 Å². The van der Waals surface area contributed by atoms with Crippen molar-refractivity contribution < 1.29 is 4.65 Å². The lowest BCUT2D eigenvalue weighted by molar-refractivity contribution is 0.228. The molecular weight excluding hydrogens is 268 g/mol. The van der Waals surface area contributed by atoms with Crippen LogP contribution in [0.15, 0.2) is 30.3 Å². The van der Waals surface area contributed by atoms with Gasteiger partial charge in [-0.05, 0) is 24.2 Å². The Bertz CT molecular complexity index is 431. The van der Waals surface area contributed by atoms with Crippen molar-refractivity contribution in [2.24, 2.45) is 0 Å². The van der Waals surface area contributed by atoms with Gasteiger partial charge in [0.1, 0.15) is 0 Å². The molecule has 0 saturated heterocycles. The Labute approximate surface area is 128 Å². The van der Waals surface area contributed by atoms with Crippen LogP contribution in [-0.2, 0) is 4.65 Å². The first kappa shape index (κ1) is 17.1. The molecule has 20 heavy (non-hydrogen) atoms. The molecule has 1 aromatic carbocycles. The third-order valence-corrected chi connectivity index (χ3v) is 3.27. The molecular formula is C16H23BClNO. The number of hydrogen-bond donors (Lipinski definition) is 0. The van der Waals surface area contributed by atoms with Gasteiger partial charge in [0.05, 0.1) is 0 Å². The van der Waals surface area contributed by atoms with Crippen LogP contribution in [0.3, 0.4) is 0 Å². The Balaban J connectivity index is 2.35. The lowest BCUT2D eigenvalue weighted by Gasteiger charge is -2.31. The predicted octanol–water partition coefficient (Wildman–Crippen LogP) is 3.79. The van der Waals surface area contributed by atoms with Crippen molar-refractivity contribution in [3.8, 4) is 11.8 Å². The Morgan fingerprint density at radius 1 is 1.15 bits per heavy atom. The van der Waals surface area contributed by atoms with E-state index in [9.17, 15) is 0 Å². The van der Waals surface area contributed by atoms with Gasteiger partial charge < -0.3 is 4.65 Å². The van der Waals surface area contributed by atoms with Gasteiger partial charge in [-0.1, -0.05) is 57.7 Å². The van der Waals surface area contributed by atoms with E-state index in [0.29, 0.717) is 25.1 Å². The highest BCUT2D eigenvalue weighted by Gasteiger charge is 2.27. The van der Waals surface area contributed by atoms with Crippen molar-refractivity contribution in [2.75, 3.05) is 6.61 Å². The molecule has 0 fully saturated rings. The van der Waals surface area contributed by atoms with E-state index in [-0.39, 0.29) is 0 Å². The van der Waals surface area contributed by atoms with Gasteiger partial charge in [-0.2, -0.15) is 0 Å². The van der Waals surface area contributed by atoms with E-state index in [1.807, 2.05) is 30.3 Å². The minimum atomic E-state index is -0.395. The van der Waals surface area contributed by atoms with Gasteiger partial charge in [-0.15, -0.1) is 11.5 Å². The van der Waals surface area contributed by atoms with Crippen LogP contribution in [0, 0.1) is 11.8 Å². The van der Waals surface area contributed by atoms with E-state index in [1.54, 1.807) is 0 Å². The first-order chi connectivity index (χ1) is 9.52. The van der Waals surface area contributed by atoms with Crippen LogP contribution in [0.1, 0.15) is 39.7 Å². The maximum Gasteiger partial charge on any atom is 0.494 e. The average Bonchev–Trinajstić information content (AvgIpc) is 2.38. The van der Waals surface area contributed by atoms with Crippen molar-refractivity contribution in [2.45, 2.75) is 46.2 Å². The molecule has 0 amide bonds. The molecule has 0 unspecified atom stereocenters. The normalized spacial score (nSPS) is 10.8. The average molecular weight is 292 g/mol. The van der Waals surface area contributed by atoms with E-state index in [0.717, 1.165) is 5.56 Å². The number of hydrogen-bond acceptors (Lipinski definition) is 2. The zero-order valence-corrected chi connectivity index (χ0v) is 13.5. The van der Waals surface area contributed by atoms with E-state index in [1.165, 1.54) is 0 Å². The summed E-state index contributed by atoms with van der Waals surface area (Å²) in [5.74, 6) is 6.21. The third kappa shape index (κ3) is 6.01. The summed E-state index contributed by atoms with van der Waals surface area (Å²) in [6, 6.07) is 10.7. The van der Waals surface area contributed by atoms with Crippen LogP contribution in [-0.4, -0.2) is 30.0 Å². The zero-order chi connectivity index (χ0) is 15.0. The molecule has 0 spiro atoms. The Hall–Kier alpha value is -0.945. The monoisotopic (exact) mass is 291 g/mol. The molecule has 0 aliphatic carbocycles. The first-order valence-corrected chi connectivity index (χ1v) is 7.53. The van der Waals surface area contributed by atoms with Gasteiger partial charge in [0.15, 0.2) is 0 Å². The van der Waals surface area contributed by atoms with Crippen molar-refractivity contribution >= 4 is 17.9 Å². The topological polar surface area (TPSA) is 12.5 Å². The summed E-state index contributed by atoms with van der Waals surface area (Å²) in [5, 5.41) is 0. The fraction of sp³-hybridized carbons (Fsp3) is 0.500. The van der Waals surface area contributed by atoms with Crippen LogP contribution in [0.2, 0.25) is 0 Å². The highest BCUT2D eigenvalue weighted by atomic mass is 35.5. The summed E-state index contributed by atoms with van der Waals surface area (Å²) in [6.45, 7) is 8.63. The number of benzene rings is 1. The molecule has 0 aromatic heterocycles. The second-order valence-electron chi connectivity index (χ2n) is 5.22. The smallest absolute Gasteiger partial charge is 0.407 e. The van der Waals surface area contributed by atoms with Gasteiger partial charge in [-0.3, -0.25) is 4.81 Å². The second kappa shape index (κ2) is 9.08. The van der Waals surface area contributed by atoms with E-state index < -0.39 is 6.47 Å². The molecule has 0 aliphatic heterocycles. The molecule has 0 N–H and O–H groups in total. The maximum atomic E-state index is 6.29. The Kier molecular flexibility index (Phi) is 7.76. The molecule has 1 rings (SSSR count). The highest BCUT2D eigenvalue weighted by molar-refractivity contribution is 7.01. The summed E-state index contributed by atoms with van der Waals surface area (Å²) in [4.78, 5) is 2.13. The molecule has 0 radical (unpaired) electrons. The number of rotatable bonds is 6. The first-order valence-electron chi connectivity index (χ1n) is 7.09. The fourth-order valence-corrected chi connectivity index (χ4v) is 2.58. The largest absolute Gasteiger partial charge is 0.494 e. The van der Waals surface area contributed by atoms with E-state index >= 15 is 0 Å². The molecule has 2 nitrogen and oxygen atoms in total. The van der Waals surface area contributed by atoms with Crippen molar-refractivity contribution in [3.05, 3.63) is 35.9 Å². The van der Waals surface area contributed by atoms with Crippen molar-refractivity contribution in [1.82, 2.24) is 4.81 Å². The van der Waals surface area contributed by atoms with Gasteiger partial charge in [-0.25, -0.2) is 0 Å². The lowest BCUT2D eigenvalue weighted by atomic mass is 10.0.